The van der Waals surface area contributed by atoms with Gasteiger partial charge in [0.05, 0.1) is 18.6 Å². The Labute approximate surface area is 119 Å². The molecule has 0 aromatic heterocycles. The highest BCUT2D eigenvalue weighted by atomic mass is 16.4. The third-order valence-electron chi connectivity index (χ3n) is 4.55. The number of amides is 2. The number of carbonyl (C=O) groups excluding carboxylic acids is 1. The lowest BCUT2D eigenvalue weighted by Crippen LogP contribution is -2.56. The van der Waals surface area contributed by atoms with E-state index < -0.39 is 5.97 Å². The molecule has 0 aromatic carbocycles. The molecule has 0 saturated carbocycles. The van der Waals surface area contributed by atoms with Crippen LogP contribution in [0.15, 0.2) is 0 Å². The van der Waals surface area contributed by atoms with Crippen LogP contribution in [-0.4, -0.2) is 63.8 Å². The number of aliphatic hydroxyl groups excluding tert-OH is 1. The van der Waals surface area contributed by atoms with Crippen LogP contribution in [0.4, 0.5) is 4.79 Å². The first-order valence-electron chi connectivity index (χ1n) is 7.45. The predicted molar refractivity (Wildman–Crippen MR) is 73.4 cm³/mol. The van der Waals surface area contributed by atoms with Crippen LogP contribution in [0.3, 0.4) is 0 Å². The van der Waals surface area contributed by atoms with Crippen molar-refractivity contribution < 1.29 is 19.8 Å². The van der Waals surface area contributed by atoms with E-state index in [2.05, 4.69) is 0 Å². The zero-order chi connectivity index (χ0) is 14.7. The number of rotatable bonds is 2. The molecule has 2 saturated heterocycles. The summed E-state index contributed by atoms with van der Waals surface area (Å²) in [5.41, 5.74) is 0. The molecule has 6 heteroatoms. The van der Waals surface area contributed by atoms with Crippen LogP contribution >= 0.6 is 0 Å². The number of likely N-dealkylation sites (tertiary alicyclic amines) is 2. The van der Waals surface area contributed by atoms with Crippen LogP contribution in [0, 0.1) is 5.92 Å². The molecule has 3 unspecified atom stereocenters. The van der Waals surface area contributed by atoms with E-state index in [1.54, 1.807) is 9.80 Å². The van der Waals surface area contributed by atoms with Gasteiger partial charge < -0.3 is 20.0 Å². The number of carboxylic acid groups (broad SMARTS) is 1. The summed E-state index contributed by atoms with van der Waals surface area (Å²) >= 11 is 0. The number of aliphatic carboxylic acids is 1. The quantitative estimate of drug-likeness (QED) is 0.796. The molecule has 2 aliphatic rings. The van der Waals surface area contributed by atoms with Crippen molar-refractivity contribution in [2.45, 2.75) is 51.1 Å². The van der Waals surface area contributed by atoms with E-state index in [-0.39, 0.29) is 30.6 Å². The van der Waals surface area contributed by atoms with E-state index in [1.165, 1.54) is 0 Å². The van der Waals surface area contributed by atoms with Gasteiger partial charge in [0.15, 0.2) is 0 Å². The second kappa shape index (κ2) is 6.43. The molecule has 20 heavy (non-hydrogen) atoms. The van der Waals surface area contributed by atoms with Crippen molar-refractivity contribution in [3.05, 3.63) is 0 Å². The van der Waals surface area contributed by atoms with Crippen LogP contribution < -0.4 is 0 Å². The van der Waals surface area contributed by atoms with Crippen LogP contribution in [0.2, 0.25) is 0 Å². The molecule has 2 aliphatic heterocycles. The lowest BCUT2D eigenvalue weighted by Gasteiger charge is -2.43. The molecule has 2 amide bonds. The molecule has 2 rings (SSSR count). The summed E-state index contributed by atoms with van der Waals surface area (Å²) in [6.45, 7) is 3.10. The first-order valence-corrected chi connectivity index (χ1v) is 7.45. The maximum Gasteiger partial charge on any atom is 0.320 e. The minimum atomic E-state index is -0.768. The van der Waals surface area contributed by atoms with Gasteiger partial charge in [0, 0.05) is 19.1 Å². The molecule has 3 atom stereocenters. The Morgan fingerprint density at radius 3 is 2.50 bits per heavy atom. The summed E-state index contributed by atoms with van der Waals surface area (Å²) in [7, 11) is 0. The van der Waals surface area contributed by atoms with Gasteiger partial charge in [-0.15, -0.1) is 0 Å². The SMILES string of the molecule is CC1CC(C(=O)O)CCN1C(=O)N1CCCCC1CO. The Balaban J connectivity index is 2.00. The molecule has 0 aromatic rings. The summed E-state index contributed by atoms with van der Waals surface area (Å²) < 4.78 is 0. The molecule has 0 bridgehead atoms. The summed E-state index contributed by atoms with van der Waals surface area (Å²) in [4.78, 5) is 27.2. The molecule has 6 nitrogen and oxygen atoms in total. The third kappa shape index (κ3) is 3.06. The maximum atomic E-state index is 12.6. The smallest absolute Gasteiger partial charge is 0.320 e. The zero-order valence-electron chi connectivity index (χ0n) is 12.0. The van der Waals surface area contributed by atoms with Crippen molar-refractivity contribution in [1.29, 1.82) is 0 Å². The minimum Gasteiger partial charge on any atom is -0.481 e. The monoisotopic (exact) mass is 284 g/mol. The van der Waals surface area contributed by atoms with Gasteiger partial charge in [-0.3, -0.25) is 4.79 Å². The molecular formula is C14H24N2O4. The van der Waals surface area contributed by atoms with Gasteiger partial charge >= 0.3 is 12.0 Å². The van der Waals surface area contributed by atoms with E-state index in [9.17, 15) is 14.7 Å². The van der Waals surface area contributed by atoms with Crippen molar-refractivity contribution >= 4 is 12.0 Å². The summed E-state index contributed by atoms with van der Waals surface area (Å²) in [5, 5.41) is 18.5. The summed E-state index contributed by atoms with van der Waals surface area (Å²) in [5.74, 6) is -1.11. The molecule has 2 heterocycles. The zero-order valence-corrected chi connectivity index (χ0v) is 12.0. The predicted octanol–water partition coefficient (Wildman–Crippen LogP) is 1.14. The highest BCUT2D eigenvalue weighted by Gasteiger charge is 2.36. The molecule has 2 fully saturated rings. The van der Waals surface area contributed by atoms with Gasteiger partial charge in [-0.2, -0.15) is 0 Å². The Bertz CT molecular complexity index is 374. The Hall–Kier alpha value is -1.30. The lowest BCUT2D eigenvalue weighted by molar-refractivity contribution is -0.143. The van der Waals surface area contributed by atoms with Crippen LogP contribution in [-0.2, 0) is 4.79 Å². The summed E-state index contributed by atoms with van der Waals surface area (Å²) in [6.07, 6.45) is 3.90. The first-order chi connectivity index (χ1) is 9.54. The van der Waals surface area contributed by atoms with Crippen LogP contribution in [0.1, 0.15) is 39.0 Å². The van der Waals surface area contributed by atoms with Gasteiger partial charge in [-0.25, -0.2) is 4.79 Å². The van der Waals surface area contributed by atoms with Gasteiger partial charge in [-0.1, -0.05) is 0 Å². The van der Waals surface area contributed by atoms with Gasteiger partial charge in [0.25, 0.3) is 0 Å². The molecule has 0 radical (unpaired) electrons. The molecule has 2 N–H and O–H groups in total. The van der Waals surface area contributed by atoms with E-state index in [0.29, 0.717) is 25.9 Å². The van der Waals surface area contributed by atoms with Crippen molar-refractivity contribution in [2.75, 3.05) is 19.7 Å². The van der Waals surface area contributed by atoms with Crippen molar-refractivity contribution in [3.63, 3.8) is 0 Å². The largest absolute Gasteiger partial charge is 0.481 e. The van der Waals surface area contributed by atoms with Crippen molar-refractivity contribution in [1.82, 2.24) is 9.80 Å². The fourth-order valence-electron chi connectivity index (χ4n) is 3.29. The normalized spacial score (nSPS) is 31.2. The fourth-order valence-corrected chi connectivity index (χ4v) is 3.29. The number of hydrogen-bond donors (Lipinski definition) is 2. The highest BCUT2D eigenvalue weighted by molar-refractivity contribution is 5.76. The van der Waals surface area contributed by atoms with Crippen molar-refractivity contribution in [2.24, 2.45) is 5.92 Å². The molecule has 114 valence electrons. The van der Waals surface area contributed by atoms with E-state index in [4.69, 9.17) is 5.11 Å². The van der Waals surface area contributed by atoms with Crippen LogP contribution in [0.5, 0.6) is 0 Å². The number of carboxylic acids is 1. The second-order valence-electron chi connectivity index (χ2n) is 5.91. The Kier molecular flexibility index (Phi) is 4.86. The number of carbonyl (C=O) groups is 2. The standard InChI is InChI=1S/C14H24N2O4/c1-10-8-11(13(18)19)5-7-15(10)14(20)16-6-3-2-4-12(16)9-17/h10-12,17H,2-9H2,1H3,(H,18,19). The molecule has 0 aliphatic carbocycles. The van der Waals surface area contributed by atoms with Crippen molar-refractivity contribution in [3.8, 4) is 0 Å². The van der Waals surface area contributed by atoms with Crippen LogP contribution in [0.25, 0.3) is 0 Å². The lowest BCUT2D eigenvalue weighted by atomic mass is 9.92. The van der Waals surface area contributed by atoms with Gasteiger partial charge in [0.1, 0.15) is 0 Å². The second-order valence-corrected chi connectivity index (χ2v) is 5.91. The Morgan fingerprint density at radius 1 is 1.15 bits per heavy atom. The fraction of sp³-hybridized carbons (Fsp3) is 0.857. The van der Waals surface area contributed by atoms with Gasteiger partial charge in [0.2, 0.25) is 0 Å². The molecule has 0 spiro atoms. The topological polar surface area (TPSA) is 81.1 Å². The average Bonchev–Trinajstić information content (AvgIpc) is 2.46. The number of nitrogens with zero attached hydrogens (tertiary/aromatic N) is 2. The number of aliphatic hydroxyl groups is 1. The van der Waals surface area contributed by atoms with E-state index >= 15 is 0 Å². The number of piperidine rings is 2. The van der Waals surface area contributed by atoms with Gasteiger partial charge in [-0.05, 0) is 39.0 Å². The number of urea groups is 1. The molecular weight excluding hydrogens is 260 g/mol. The number of hydrogen-bond acceptors (Lipinski definition) is 3. The Morgan fingerprint density at radius 2 is 1.90 bits per heavy atom. The highest BCUT2D eigenvalue weighted by Crippen LogP contribution is 2.26. The maximum absolute atomic E-state index is 12.6. The van der Waals surface area contributed by atoms with E-state index in [0.717, 1.165) is 19.3 Å². The minimum absolute atomic E-state index is 0.00567. The van der Waals surface area contributed by atoms with E-state index in [1.807, 2.05) is 6.92 Å². The summed E-state index contributed by atoms with van der Waals surface area (Å²) in [6, 6.07) is -0.181. The average molecular weight is 284 g/mol. The third-order valence-corrected chi connectivity index (χ3v) is 4.55. The first kappa shape index (κ1) is 15.1.